The Hall–Kier alpha value is -2.53. The quantitative estimate of drug-likeness (QED) is 0.0117. The van der Waals surface area contributed by atoms with Crippen LogP contribution in [0.15, 0.2) is 0 Å². The van der Waals surface area contributed by atoms with Crippen LogP contribution < -0.4 is 0 Å². The van der Waals surface area contributed by atoms with Crippen molar-refractivity contribution in [3.63, 3.8) is 0 Å². The minimum absolute atomic E-state index is 0.0192. The molecule has 0 aromatic carbocycles. The largest absolute Gasteiger partial charge is 0.472 e. The number of ether oxygens (including phenoxy) is 8. The van der Waals surface area contributed by atoms with Crippen molar-refractivity contribution in [1.29, 1.82) is 0 Å². The van der Waals surface area contributed by atoms with Gasteiger partial charge < -0.3 is 88.7 Å². The number of unbranched alkanes of at least 4 members (excludes halogenated alkanes) is 49. The molecule has 0 amide bonds. The highest BCUT2D eigenvalue weighted by atomic mass is 31.2. The molecule has 3 fully saturated rings. The molecule has 2 aliphatic heterocycles. The second-order valence-corrected chi connectivity index (χ2v) is 35.9. The summed E-state index contributed by atoms with van der Waals surface area (Å²) in [4.78, 5) is 66.5. The molecule has 0 bridgehead atoms. The third-order valence-corrected chi connectivity index (χ3v) is 24.7. The minimum Gasteiger partial charge on any atom is -0.463 e. The molecule has 26 heteroatoms. The number of aliphatic hydroxyl groups excluding tert-OH is 9. The Morgan fingerprint density at radius 2 is 0.641 bits per heavy atom. The van der Waals surface area contributed by atoms with Gasteiger partial charge in [0.05, 0.1) is 13.2 Å². The van der Waals surface area contributed by atoms with Crippen LogP contribution in [0.1, 0.15) is 420 Å². The lowest BCUT2D eigenvalue weighted by atomic mass is 9.84. The number of phosphoric ester groups is 1. The number of rotatable bonds is 77. The Labute approximate surface area is 706 Å². The molecule has 117 heavy (non-hydrogen) atoms. The van der Waals surface area contributed by atoms with E-state index < -0.39 is 162 Å². The summed E-state index contributed by atoms with van der Waals surface area (Å²) in [6, 6.07) is 0. The first-order valence-corrected chi connectivity index (χ1v) is 49.2. The number of hydrogen-bond acceptors (Lipinski definition) is 24. The van der Waals surface area contributed by atoms with Crippen LogP contribution in [-0.4, -0.2) is 205 Å². The number of carbonyl (C=O) groups excluding carboxylic acids is 4. The predicted molar refractivity (Wildman–Crippen MR) is 453 cm³/mol. The van der Waals surface area contributed by atoms with E-state index >= 15 is 0 Å². The molecule has 0 spiro atoms. The number of hydrogen-bond donors (Lipinski definition) is 10. The normalized spacial score (nSPS) is 25.3. The lowest BCUT2D eigenvalue weighted by Gasteiger charge is -2.50. The fourth-order valence-electron chi connectivity index (χ4n) is 16.1. The van der Waals surface area contributed by atoms with E-state index in [1.54, 1.807) is 0 Å². The summed E-state index contributed by atoms with van der Waals surface area (Å²) in [5, 5.41) is 102. The van der Waals surface area contributed by atoms with Crippen molar-refractivity contribution in [2.45, 2.75) is 524 Å². The van der Waals surface area contributed by atoms with Gasteiger partial charge in [0, 0.05) is 25.7 Å². The Morgan fingerprint density at radius 1 is 0.333 bits per heavy atom. The summed E-state index contributed by atoms with van der Waals surface area (Å²) in [5.41, 5.74) is 0. The molecule has 1 saturated carbocycles. The maximum absolute atomic E-state index is 14.9. The van der Waals surface area contributed by atoms with E-state index in [4.69, 9.17) is 46.9 Å². The molecule has 3 rings (SSSR count). The summed E-state index contributed by atoms with van der Waals surface area (Å²) >= 11 is 0. The number of phosphoric acid groups is 1. The van der Waals surface area contributed by atoms with Gasteiger partial charge in [-0.25, -0.2) is 4.57 Å². The van der Waals surface area contributed by atoms with E-state index in [0.717, 1.165) is 128 Å². The fraction of sp³-hybridized carbons (Fsp3) is 0.956. The zero-order valence-electron chi connectivity index (χ0n) is 73.7. The molecule has 19 atom stereocenters. The molecule has 0 aromatic rings. The highest BCUT2D eigenvalue weighted by Gasteiger charge is 2.60. The van der Waals surface area contributed by atoms with Gasteiger partial charge in [0.15, 0.2) is 24.8 Å². The second kappa shape index (κ2) is 69.7. The van der Waals surface area contributed by atoms with Crippen LogP contribution in [0.4, 0.5) is 0 Å². The lowest BCUT2D eigenvalue weighted by Crippen LogP contribution is -2.70. The number of carbonyl (C=O) groups is 4. The second-order valence-electron chi connectivity index (χ2n) is 34.5. The molecule has 2 saturated heterocycles. The van der Waals surface area contributed by atoms with E-state index in [2.05, 4.69) is 34.6 Å². The van der Waals surface area contributed by atoms with Gasteiger partial charge in [0.25, 0.3) is 0 Å². The average molecular weight is 1700 g/mol. The van der Waals surface area contributed by atoms with Crippen LogP contribution >= 0.6 is 7.82 Å². The van der Waals surface area contributed by atoms with E-state index in [1.165, 1.54) is 199 Å². The van der Waals surface area contributed by atoms with Gasteiger partial charge in [-0.3, -0.25) is 28.2 Å². The Bertz CT molecular complexity index is 2450. The van der Waals surface area contributed by atoms with Crippen molar-refractivity contribution in [3.05, 3.63) is 0 Å². The molecular formula is C91H171O25P. The van der Waals surface area contributed by atoms with E-state index in [0.29, 0.717) is 38.0 Å². The first-order valence-electron chi connectivity index (χ1n) is 47.7. The van der Waals surface area contributed by atoms with Gasteiger partial charge in [-0.05, 0) is 31.6 Å². The maximum Gasteiger partial charge on any atom is 0.472 e. The smallest absolute Gasteiger partial charge is 0.463 e. The molecule has 2 heterocycles. The summed E-state index contributed by atoms with van der Waals surface area (Å²) in [6.07, 6.45) is 25.3. The van der Waals surface area contributed by atoms with Crippen LogP contribution in [0.25, 0.3) is 0 Å². The van der Waals surface area contributed by atoms with E-state index in [-0.39, 0.29) is 25.7 Å². The summed E-state index contributed by atoms with van der Waals surface area (Å²) < 4.78 is 73.5. The van der Waals surface area contributed by atoms with E-state index in [9.17, 15) is 74.6 Å². The van der Waals surface area contributed by atoms with Crippen LogP contribution in [0.5, 0.6) is 0 Å². The molecule has 0 aromatic heterocycles. The van der Waals surface area contributed by atoms with Crippen molar-refractivity contribution in [2.24, 2.45) is 5.92 Å². The Balaban J connectivity index is 1.92. The van der Waals surface area contributed by atoms with Gasteiger partial charge >= 0.3 is 31.7 Å². The van der Waals surface area contributed by atoms with E-state index in [1.807, 2.05) is 0 Å². The molecule has 690 valence electrons. The van der Waals surface area contributed by atoms with Crippen molar-refractivity contribution in [3.8, 4) is 0 Å². The molecular weight excluding hydrogens is 1520 g/mol. The Kier molecular flexibility index (Phi) is 64.8. The maximum atomic E-state index is 14.9. The summed E-state index contributed by atoms with van der Waals surface area (Å²) in [5.74, 6) is -2.32. The van der Waals surface area contributed by atoms with Crippen molar-refractivity contribution in [1.82, 2.24) is 0 Å². The SMILES string of the molecule is CCCCCCCCCCCCCCCCCCC(=O)OC(COC(=O)CCCCCCCCCCCCCCC)COP(=O)(O)OC1C(OC2OC(CO)C(O)C(O)C2O)C(O)C(O)C(OC(=O)CCCCCCCCC(C)CCCCCCCC)C1OC1OC(COC(=O)CCCCCCCCCCCCCCC)C(O)C(O)C1O. The highest BCUT2D eigenvalue weighted by molar-refractivity contribution is 7.47. The number of esters is 4. The molecule has 10 N–H and O–H groups in total. The molecule has 0 radical (unpaired) electrons. The zero-order valence-corrected chi connectivity index (χ0v) is 74.6. The molecule has 3 aliphatic rings. The average Bonchev–Trinajstić information content (AvgIpc) is 0.754. The fourth-order valence-corrected chi connectivity index (χ4v) is 17.1. The number of aliphatic hydroxyl groups is 9. The zero-order chi connectivity index (χ0) is 85.5. The highest BCUT2D eigenvalue weighted by Crippen LogP contribution is 2.49. The van der Waals surface area contributed by atoms with Gasteiger partial charge in [-0.2, -0.15) is 0 Å². The Morgan fingerprint density at radius 3 is 1.02 bits per heavy atom. The van der Waals surface area contributed by atoms with Crippen LogP contribution in [-0.2, 0) is 70.7 Å². The first kappa shape index (κ1) is 109. The molecule has 25 nitrogen and oxygen atoms in total. The van der Waals surface area contributed by atoms with Crippen molar-refractivity contribution in [2.75, 3.05) is 26.4 Å². The summed E-state index contributed by atoms with van der Waals surface area (Å²) in [7, 11) is -5.80. The minimum atomic E-state index is -5.80. The van der Waals surface area contributed by atoms with Gasteiger partial charge in [-0.1, -0.05) is 369 Å². The topological polar surface area (TPSA) is 380 Å². The third kappa shape index (κ3) is 50.3. The van der Waals surface area contributed by atoms with Gasteiger partial charge in [0.1, 0.15) is 92.6 Å². The van der Waals surface area contributed by atoms with Crippen LogP contribution in [0.3, 0.4) is 0 Å². The first-order chi connectivity index (χ1) is 56.6. The van der Waals surface area contributed by atoms with Crippen molar-refractivity contribution < 1.29 is 122 Å². The predicted octanol–water partition coefficient (Wildman–Crippen LogP) is 17.6. The van der Waals surface area contributed by atoms with Crippen molar-refractivity contribution >= 4 is 31.7 Å². The van der Waals surface area contributed by atoms with Gasteiger partial charge in [0.2, 0.25) is 0 Å². The standard InChI is InChI=1S/C91H171O25P/c1-6-10-14-18-22-25-28-31-32-33-36-39-42-45-52-58-64-76(95)110-71(67-107-74(93)62-56-50-43-40-37-34-29-26-23-19-15-11-7-2)68-109-117(105,106)116-89-87(114-90-84(103)80(99)78(97)72(66-92)111-90)83(102)82(101)86(113-77(96)65-59-53-47-46-49-55-61-70(5)60-54-48-21-17-13-9-4)88(89)115-91-85(104)81(100)79(98)73(112-91)69-108-75(94)63-57-51-44-41-38-35-30-27-24-20-16-12-8-3/h70-73,78-92,97-104H,6-69H2,1-5H3,(H,105,106). The molecule has 19 unspecified atom stereocenters. The summed E-state index contributed by atoms with van der Waals surface area (Å²) in [6.45, 7) is 7.93. The third-order valence-electron chi connectivity index (χ3n) is 23.8. The van der Waals surface area contributed by atoms with Gasteiger partial charge in [-0.15, -0.1) is 0 Å². The lowest BCUT2D eigenvalue weighted by molar-refractivity contribution is -0.360. The van der Waals surface area contributed by atoms with Crippen LogP contribution in [0, 0.1) is 5.92 Å². The monoisotopic (exact) mass is 1700 g/mol. The van der Waals surface area contributed by atoms with Crippen LogP contribution in [0.2, 0.25) is 0 Å². The molecule has 1 aliphatic carbocycles.